The summed E-state index contributed by atoms with van der Waals surface area (Å²) in [7, 11) is 0. The second-order valence-electron chi connectivity index (χ2n) is 4.79. The van der Waals surface area contributed by atoms with Crippen LogP contribution in [0, 0.1) is 0 Å². The van der Waals surface area contributed by atoms with Crippen molar-refractivity contribution in [2.75, 3.05) is 6.61 Å². The van der Waals surface area contributed by atoms with Crippen LogP contribution in [0.1, 0.15) is 51.5 Å². The van der Waals surface area contributed by atoms with Gasteiger partial charge in [-0.15, -0.1) is 0 Å². The van der Waals surface area contributed by atoms with E-state index in [4.69, 9.17) is 10.5 Å². The Labute approximate surface area is 110 Å². The first-order chi connectivity index (χ1) is 8.60. The Hall–Kier alpha value is -1.22. The zero-order valence-corrected chi connectivity index (χ0v) is 11.6. The number of hydrogen-bond donors (Lipinski definition) is 2. The van der Waals surface area contributed by atoms with Crippen LogP contribution in [0.2, 0.25) is 0 Å². The average molecular weight is 251 g/mol. The Morgan fingerprint density at radius 3 is 2.56 bits per heavy atom. The predicted octanol–water partition coefficient (Wildman–Crippen LogP) is 3.41. The van der Waals surface area contributed by atoms with Gasteiger partial charge in [0.05, 0.1) is 6.61 Å². The standard InChI is InChI=1S/C15H25NO2/c1-4-12(10-9-11(3)16)13-7-6-8-14(15(13)17)18-5-2/h6-8,11-12,17H,4-5,9-10,16H2,1-3H3. The van der Waals surface area contributed by atoms with Crippen LogP contribution in [0.3, 0.4) is 0 Å². The summed E-state index contributed by atoms with van der Waals surface area (Å²) in [5, 5.41) is 10.2. The monoisotopic (exact) mass is 251 g/mol. The summed E-state index contributed by atoms with van der Waals surface area (Å²) in [5.74, 6) is 1.21. The first kappa shape index (κ1) is 14.8. The molecule has 2 atom stereocenters. The highest BCUT2D eigenvalue weighted by atomic mass is 16.5. The van der Waals surface area contributed by atoms with E-state index in [9.17, 15) is 5.11 Å². The number of phenols is 1. The lowest BCUT2D eigenvalue weighted by molar-refractivity contribution is 0.315. The molecule has 0 radical (unpaired) electrons. The zero-order valence-electron chi connectivity index (χ0n) is 11.6. The molecule has 0 aliphatic rings. The van der Waals surface area contributed by atoms with E-state index in [2.05, 4.69) is 6.92 Å². The molecule has 18 heavy (non-hydrogen) atoms. The van der Waals surface area contributed by atoms with Crippen LogP contribution < -0.4 is 10.5 Å². The summed E-state index contributed by atoms with van der Waals surface area (Å²) in [5.41, 5.74) is 6.78. The SMILES string of the molecule is CCOc1cccc(C(CC)CCC(C)N)c1O. The number of aromatic hydroxyl groups is 1. The Balaban J connectivity index is 2.88. The first-order valence-electron chi connectivity index (χ1n) is 6.80. The lowest BCUT2D eigenvalue weighted by Crippen LogP contribution is -2.15. The minimum absolute atomic E-state index is 0.205. The maximum Gasteiger partial charge on any atom is 0.161 e. The molecule has 102 valence electrons. The highest BCUT2D eigenvalue weighted by Crippen LogP contribution is 2.37. The second-order valence-corrected chi connectivity index (χ2v) is 4.79. The van der Waals surface area contributed by atoms with Gasteiger partial charge >= 0.3 is 0 Å². The van der Waals surface area contributed by atoms with Crippen LogP contribution in [0.5, 0.6) is 11.5 Å². The van der Waals surface area contributed by atoms with Gasteiger partial charge < -0.3 is 15.6 Å². The van der Waals surface area contributed by atoms with Gasteiger partial charge in [0, 0.05) is 11.6 Å². The van der Waals surface area contributed by atoms with Gasteiger partial charge in [-0.05, 0) is 45.1 Å². The van der Waals surface area contributed by atoms with Crippen molar-refractivity contribution >= 4 is 0 Å². The topological polar surface area (TPSA) is 55.5 Å². The Morgan fingerprint density at radius 2 is 2.00 bits per heavy atom. The summed E-state index contributed by atoms with van der Waals surface area (Å²) < 4.78 is 5.42. The van der Waals surface area contributed by atoms with Crippen molar-refractivity contribution in [1.29, 1.82) is 0 Å². The molecule has 0 saturated heterocycles. The first-order valence-corrected chi connectivity index (χ1v) is 6.80. The van der Waals surface area contributed by atoms with Crippen LogP contribution in [0.15, 0.2) is 18.2 Å². The summed E-state index contributed by atoms with van der Waals surface area (Å²) >= 11 is 0. The van der Waals surface area contributed by atoms with Crippen molar-refractivity contribution < 1.29 is 9.84 Å². The van der Waals surface area contributed by atoms with E-state index in [1.165, 1.54) is 0 Å². The Bertz CT molecular complexity index is 364. The molecule has 0 aromatic heterocycles. The minimum Gasteiger partial charge on any atom is -0.504 e. The molecular formula is C15H25NO2. The van der Waals surface area contributed by atoms with Gasteiger partial charge in [0.15, 0.2) is 11.5 Å². The second kappa shape index (κ2) is 7.27. The van der Waals surface area contributed by atoms with Crippen molar-refractivity contribution in [3.63, 3.8) is 0 Å². The molecule has 0 fully saturated rings. The van der Waals surface area contributed by atoms with Crippen molar-refractivity contribution in [3.8, 4) is 11.5 Å². The number of rotatable bonds is 7. The maximum atomic E-state index is 10.2. The van der Waals surface area contributed by atoms with Crippen LogP contribution in [0.25, 0.3) is 0 Å². The lowest BCUT2D eigenvalue weighted by Gasteiger charge is -2.19. The highest BCUT2D eigenvalue weighted by Gasteiger charge is 2.16. The molecule has 0 aliphatic carbocycles. The van der Waals surface area contributed by atoms with Gasteiger partial charge in [-0.25, -0.2) is 0 Å². The third kappa shape index (κ3) is 3.91. The van der Waals surface area contributed by atoms with E-state index in [-0.39, 0.29) is 11.8 Å². The van der Waals surface area contributed by atoms with Gasteiger partial charge in [0.25, 0.3) is 0 Å². The van der Waals surface area contributed by atoms with Crippen molar-refractivity contribution in [3.05, 3.63) is 23.8 Å². The maximum absolute atomic E-state index is 10.2. The summed E-state index contributed by atoms with van der Waals surface area (Å²) in [6.07, 6.45) is 2.96. The molecule has 3 N–H and O–H groups in total. The fraction of sp³-hybridized carbons (Fsp3) is 0.600. The molecule has 0 bridgehead atoms. The molecule has 0 saturated carbocycles. The summed E-state index contributed by atoms with van der Waals surface area (Å²) in [4.78, 5) is 0. The highest BCUT2D eigenvalue weighted by molar-refractivity contribution is 5.47. The van der Waals surface area contributed by atoms with Crippen molar-refractivity contribution in [1.82, 2.24) is 0 Å². The number of nitrogens with two attached hydrogens (primary N) is 1. The number of phenolic OH excluding ortho intramolecular Hbond substituents is 1. The molecule has 2 unspecified atom stereocenters. The Kier molecular flexibility index (Phi) is 5.99. The third-order valence-corrected chi connectivity index (χ3v) is 3.23. The van der Waals surface area contributed by atoms with Crippen LogP contribution in [-0.4, -0.2) is 17.8 Å². The fourth-order valence-electron chi connectivity index (χ4n) is 2.18. The Morgan fingerprint density at radius 1 is 1.28 bits per heavy atom. The third-order valence-electron chi connectivity index (χ3n) is 3.23. The van der Waals surface area contributed by atoms with Gasteiger partial charge in [0.1, 0.15) is 0 Å². The smallest absolute Gasteiger partial charge is 0.161 e. The molecule has 0 spiro atoms. The normalized spacial score (nSPS) is 14.2. The summed E-state index contributed by atoms with van der Waals surface area (Å²) in [6.45, 7) is 6.63. The van der Waals surface area contributed by atoms with E-state index >= 15 is 0 Å². The summed E-state index contributed by atoms with van der Waals surface area (Å²) in [6, 6.07) is 5.93. The largest absolute Gasteiger partial charge is 0.504 e. The van der Waals surface area contributed by atoms with Crippen molar-refractivity contribution in [2.45, 2.75) is 52.0 Å². The van der Waals surface area contributed by atoms with Gasteiger partial charge in [-0.1, -0.05) is 19.1 Å². The van der Waals surface area contributed by atoms with Crippen LogP contribution in [0.4, 0.5) is 0 Å². The van der Waals surface area contributed by atoms with E-state index < -0.39 is 0 Å². The van der Waals surface area contributed by atoms with E-state index in [0.29, 0.717) is 18.3 Å². The molecule has 1 rings (SSSR count). The molecule has 0 amide bonds. The van der Waals surface area contributed by atoms with E-state index in [1.807, 2.05) is 26.0 Å². The van der Waals surface area contributed by atoms with Gasteiger partial charge in [-0.3, -0.25) is 0 Å². The number of benzene rings is 1. The minimum atomic E-state index is 0.205. The van der Waals surface area contributed by atoms with Crippen LogP contribution >= 0.6 is 0 Å². The van der Waals surface area contributed by atoms with Crippen molar-refractivity contribution in [2.24, 2.45) is 5.73 Å². The number of hydrogen-bond acceptors (Lipinski definition) is 3. The molecule has 1 aromatic carbocycles. The molecule has 0 aliphatic heterocycles. The molecule has 1 aromatic rings. The number of para-hydroxylation sites is 1. The fourth-order valence-corrected chi connectivity index (χ4v) is 2.18. The predicted molar refractivity (Wildman–Crippen MR) is 75.2 cm³/mol. The molecule has 3 nitrogen and oxygen atoms in total. The number of ether oxygens (including phenoxy) is 1. The van der Waals surface area contributed by atoms with Gasteiger partial charge in [-0.2, -0.15) is 0 Å². The molecule has 0 heterocycles. The van der Waals surface area contributed by atoms with Gasteiger partial charge in [0.2, 0.25) is 0 Å². The average Bonchev–Trinajstić information content (AvgIpc) is 2.34. The quantitative estimate of drug-likeness (QED) is 0.780. The zero-order chi connectivity index (χ0) is 13.5. The molecule has 3 heteroatoms. The van der Waals surface area contributed by atoms with E-state index in [0.717, 1.165) is 24.8 Å². The van der Waals surface area contributed by atoms with E-state index in [1.54, 1.807) is 6.07 Å². The molecular weight excluding hydrogens is 226 g/mol. The van der Waals surface area contributed by atoms with Crippen LogP contribution in [-0.2, 0) is 0 Å². The lowest BCUT2D eigenvalue weighted by atomic mass is 9.90.